The summed E-state index contributed by atoms with van der Waals surface area (Å²) in [5.74, 6) is 0.642. The van der Waals surface area contributed by atoms with Gasteiger partial charge >= 0.3 is 6.09 Å². The Bertz CT molecular complexity index is 1090. The van der Waals surface area contributed by atoms with E-state index in [1.165, 1.54) is 0 Å². The fourth-order valence-corrected chi connectivity index (χ4v) is 4.22. The number of hydrogen-bond acceptors (Lipinski definition) is 8. The van der Waals surface area contributed by atoms with Gasteiger partial charge in [-0.25, -0.2) is 9.48 Å². The molecule has 2 saturated heterocycles. The summed E-state index contributed by atoms with van der Waals surface area (Å²) in [6.45, 7) is 1.03. The zero-order valence-electron chi connectivity index (χ0n) is 18.5. The maximum atomic E-state index is 12.3. The van der Waals surface area contributed by atoms with Crippen molar-refractivity contribution in [3.8, 4) is 11.4 Å². The number of aromatic nitrogens is 4. The minimum absolute atomic E-state index is 0.213. The van der Waals surface area contributed by atoms with Crippen molar-refractivity contribution in [1.82, 2.24) is 25.5 Å². The molecule has 0 spiro atoms. The van der Waals surface area contributed by atoms with Crippen LogP contribution in [0.25, 0.3) is 11.4 Å². The molecule has 1 amide bonds. The summed E-state index contributed by atoms with van der Waals surface area (Å²) < 4.78 is 19.3. The Kier molecular flexibility index (Phi) is 5.93. The highest BCUT2D eigenvalue weighted by Crippen LogP contribution is 2.36. The molecule has 0 saturated carbocycles. The van der Waals surface area contributed by atoms with E-state index in [0.717, 1.165) is 16.8 Å². The van der Waals surface area contributed by atoms with Gasteiger partial charge in [0.1, 0.15) is 18.2 Å². The van der Waals surface area contributed by atoms with E-state index in [1.807, 2.05) is 73.6 Å². The van der Waals surface area contributed by atoms with E-state index in [9.17, 15) is 4.79 Å². The van der Waals surface area contributed by atoms with E-state index in [0.29, 0.717) is 19.0 Å². The Balaban J connectivity index is 1.23. The van der Waals surface area contributed by atoms with Gasteiger partial charge in [-0.1, -0.05) is 30.3 Å². The monoisotopic (exact) mass is 450 g/mol. The summed E-state index contributed by atoms with van der Waals surface area (Å²) in [4.78, 5) is 14.3. The summed E-state index contributed by atoms with van der Waals surface area (Å²) in [5, 5.41) is 15.1. The third-order valence-corrected chi connectivity index (χ3v) is 5.97. The Labute approximate surface area is 191 Å². The molecule has 2 aliphatic rings. The quantitative estimate of drug-likeness (QED) is 0.609. The van der Waals surface area contributed by atoms with Gasteiger partial charge in [0.15, 0.2) is 11.9 Å². The number of alkyl carbamates (subject to hydrolysis) is 1. The molecule has 0 aliphatic carbocycles. The SMILES string of the molecule is CN(C)c1ccc(-c2nnnn2[C@H]2CO[C@H]3[C@@H]2OC[C@H]3OC(=O)NCc2ccccc2)cc1. The van der Waals surface area contributed by atoms with Crippen molar-refractivity contribution in [1.29, 1.82) is 0 Å². The highest BCUT2D eigenvalue weighted by Gasteiger charge is 2.51. The Morgan fingerprint density at radius 2 is 1.85 bits per heavy atom. The first-order valence-corrected chi connectivity index (χ1v) is 10.9. The molecule has 33 heavy (non-hydrogen) atoms. The first kappa shape index (κ1) is 21.4. The molecule has 0 unspecified atom stereocenters. The van der Waals surface area contributed by atoms with Gasteiger partial charge < -0.3 is 24.4 Å². The van der Waals surface area contributed by atoms with E-state index < -0.39 is 12.2 Å². The first-order chi connectivity index (χ1) is 16.1. The number of carbonyl (C=O) groups is 1. The zero-order chi connectivity index (χ0) is 22.8. The van der Waals surface area contributed by atoms with E-state index in [4.69, 9.17) is 14.2 Å². The second-order valence-corrected chi connectivity index (χ2v) is 8.33. The van der Waals surface area contributed by atoms with Gasteiger partial charge in [0, 0.05) is 31.9 Å². The van der Waals surface area contributed by atoms with Crippen LogP contribution in [0.1, 0.15) is 11.6 Å². The zero-order valence-corrected chi connectivity index (χ0v) is 18.5. The minimum Gasteiger partial charge on any atom is -0.441 e. The lowest BCUT2D eigenvalue weighted by Crippen LogP contribution is -2.37. The Morgan fingerprint density at radius 1 is 1.09 bits per heavy atom. The molecule has 0 bridgehead atoms. The van der Waals surface area contributed by atoms with Crippen molar-refractivity contribution in [2.45, 2.75) is 30.9 Å². The largest absolute Gasteiger partial charge is 0.441 e. The maximum Gasteiger partial charge on any atom is 0.407 e. The molecule has 2 aromatic carbocycles. The highest BCUT2D eigenvalue weighted by atomic mass is 16.6. The van der Waals surface area contributed by atoms with Crippen LogP contribution in [0.2, 0.25) is 0 Å². The summed E-state index contributed by atoms with van der Waals surface area (Å²) >= 11 is 0. The van der Waals surface area contributed by atoms with Crippen LogP contribution in [-0.2, 0) is 20.8 Å². The van der Waals surface area contributed by atoms with Gasteiger partial charge in [0.2, 0.25) is 0 Å². The molecule has 172 valence electrons. The highest BCUT2D eigenvalue weighted by molar-refractivity contribution is 5.67. The van der Waals surface area contributed by atoms with Crippen LogP contribution in [0, 0.1) is 0 Å². The van der Waals surface area contributed by atoms with Gasteiger partial charge in [-0.15, -0.1) is 5.10 Å². The molecule has 0 radical (unpaired) electrons. The number of fused-ring (bicyclic) bond motifs is 1. The fourth-order valence-electron chi connectivity index (χ4n) is 4.22. The number of benzene rings is 2. The smallest absolute Gasteiger partial charge is 0.407 e. The lowest BCUT2D eigenvalue weighted by atomic mass is 10.1. The summed E-state index contributed by atoms with van der Waals surface area (Å²) in [5.41, 5.74) is 2.99. The molecule has 2 aliphatic heterocycles. The average molecular weight is 450 g/mol. The number of rotatable bonds is 6. The Morgan fingerprint density at radius 3 is 2.61 bits per heavy atom. The minimum atomic E-state index is -0.496. The maximum absolute atomic E-state index is 12.3. The molecule has 3 heterocycles. The molecule has 1 aromatic heterocycles. The lowest BCUT2D eigenvalue weighted by Gasteiger charge is -2.18. The second-order valence-electron chi connectivity index (χ2n) is 8.33. The predicted octanol–water partition coefficient (Wildman–Crippen LogP) is 2.04. The predicted molar refractivity (Wildman–Crippen MR) is 120 cm³/mol. The van der Waals surface area contributed by atoms with Crippen LogP contribution < -0.4 is 10.2 Å². The molecule has 10 heteroatoms. The fraction of sp³-hybridized carbons (Fsp3) is 0.391. The number of amides is 1. The number of tetrazole rings is 1. The van der Waals surface area contributed by atoms with E-state index >= 15 is 0 Å². The standard InChI is InChI=1S/C23H26N6O4/c1-28(2)17-10-8-16(9-11-17)22-25-26-27-29(22)18-13-31-21-19(14-32-20(18)21)33-23(30)24-12-15-6-4-3-5-7-15/h3-11,18-21H,12-14H2,1-2H3,(H,24,30)/t18-,19+,20+,21+/m0/s1. The van der Waals surface area contributed by atoms with Gasteiger partial charge in [-0.2, -0.15) is 0 Å². The molecule has 10 nitrogen and oxygen atoms in total. The third-order valence-electron chi connectivity index (χ3n) is 5.97. The number of nitrogens with one attached hydrogen (secondary N) is 1. The normalized spacial score (nSPS) is 23.8. The van der Waals surface area contributed by atoms with Crippen molar-refractivity contribution < 1.29 is 19.0 Å². The lowest BCUT2D eigenvalue weighted by molar-refractivity contribution is 0.00290. The molecule has 1 N–H and O–H groups in total. The number of hydrogen-bond donors (Lipinski definition) is 1. The van der Waals surface area contributed by atoms with Crippen molar-refractivity contribution in [2.75, 3.05) is 32.2 Å². The van der Waals surface area contributed by atoms with Crippen LogP contribution in [0.5, 0.6) is 0 Å². The molecular weight excluding hydrogens is 424 g/mol. The van der Waals surface area contributed by atoms with E-state index in [-0.39, 0.29) is 24.9 Å². The van der Waals surface area contributed by atoms with Crippen LogP contribution in [0.3, 0.4) is 0 Å². The van der Waals surface area contributed by atoms with Gasteiger partial charge in [-0.05, 0) is 40.3 Å². The molecule has 4 atom stereocenters. The average Bonchev–Trinajstić information content (AvgIpc) is 3.56. The van der Waals surface area contributed by atoms with Crippen LogP contribution in [0.15, 0.2) is 54.6 Å². The number of anilines is 1. The Hall–Kier alpha value is -3.50. The number of carbonyl (C=O) groups excluding carboxylic acids is 1. The van der Waals surface area contributed by atoms with Gasteiger partial charge in [0.05, 0.1) is 13.2 Å². The first-order valence-electron chi connectivity index (χ1n) is 10.9. The van der Waals surface area contributed by atoms with Crippen LogP contribution >= 0.6 is 0 Å². The molecular formula is C23H26N6O4. The molecule has 2 fully saturated rings. The van der Waals surface area contributed by atoms with Crippen molar-refractivity contribution in [3.63, 3.8) is 0 Å². The van der Waals surface area contributed by atoms with Crippen LogP contribution in [-0.4, -0.2) is 71.9 Å². The third kappa shape index (κ3) is 4.39. The van der Waals surface area contributed by atoms with Crippen molar-refractivity contribution >= 4 is 11.8 Å². The molecule has 3 aromatic rings. The van der Waals surface area contributed by atoms with E-state index in [2.05, 4.69) is 20.8 Å². The summed E-state index contributed by atoms with van der Waals surface area (Å²) in [6, 6.07) is 17.5. The van der Waals surface area contributed by atoms with Gasteiger partial charge in [0.25, 0.3) is 0 Å². The van der Waals surface area contributed by atoms with Crippen LogP contribution in [0.4, 0.5) is 10.5 Å². The topological polar surface area (TPSA) is 104 Å². The van der Waals surface area contributed by atoms with E-state index in [1.54, 1.807) is 4.68 Å². The van der Waals surface area contributed by atoms with Crippen molar-refractivity contribution in [2.24, 2.45) is 0 Å². The summed E-state index contributed by atoms with van der Waals surface area (Å²) in [6.07, 6.45) is -1.66. The van der Waals surface area contributed by atoms with Gasteiger partial charge in [-0.3, -0.25) is 0 Å². The number of nitrogens with zero attached hydrogens (tertiary/aromatic N) is 5. The molecule has 5 rings (SSSR count). The van der Waals surface area contributed by atoms with Crippen molar-refractivity contribution in [3.05, 3.63) is 60.2 Å². The second kappa shape index (κ2) is 9.16. The summed E-state index contributed by atoms with van der Waals surface area (Å²) in [7, 11) is 3.99. The number of ether oxygens (including phenoxy) is 3.